The predicted octanol–water partition coefficient (Wildman–Crippen LogP) is 4.11. The molecule has 0 aliphatic carbocycles. The maximum Gasteiger partial charge on any atom is 0.276 e. The first kappa shape index (κ1) is 19.2. The highest BCUT2D eigenvalue weighted by Crippen LogP contribution is 2.30. The van der Waals surface area contributed by atoms with E-state index in [-0.39, 0.29) is 11.6 Å². The third kappa shape index (κ3) is 4.20. The summed E-state index contributed by atoms with van der Waals surface area (Å²) in [5.41, 5.74) is 3.72. The molecule has 1 aromatic heterocycles. The number of amides is 1. The number of methoxy groups -OCH3 is 2. The van der Waals surface area contributed by atoms with Crippen molar-refractivity contribution < 1.29 is 14.3 Å². The number of hydrogen-bond donors (Lipinski definition) is 2. The number of nitrogens with one attached hydrogen (secondary N) is 2. The molecule has 1 heterocycles. The molecule has 3 rings (SSSR count). The van der Waals surface area contributed by atoms with Gasteiger partial charge in [0.15, 0.2) is 11.5 Å². The summed E-state index contributed by atoms with van der Waals surface area (Å²) in [6, 6.07) is 14.6. The third-order valence-corrected chi connectivity index (χ3v) is 4.29. The quantitative estimate of drug-likeness (QED) is 0.671. The van der Waals surface area contributed by atoms with Gasteiger partial charge in [-0.15, -0.1) is 10.2 Å². The fraction of sp³-hybridized carbons (Fsp3) is 0.190. The maximum atomic E-state index is 12.5. The molecule has 0 unspecified atom stereocenters. The molecule has 0 radical (unpaired) electrons. The molecular formula is C21H22N4O3. The van der Waals surface area contributed by atoms with E-state index in [1.165, 1.54) is 0 Å². The number of hydrogen-bond acceptors (Lipinski definition) is 6. The van der Waals surface area contributed by atoms with Crippen LogP contribution in [-0.2, 0) is 0 Å². The van der Waals surface area contributed by atoms with E-state index in [1.807, 2.05) is 44.2 Å². The van der Waals surface area contributed by atoms with E-state index >= 15 is 0 Å². The van der Waals surface area contributed by atoms with Crippen LogP contribution in [0.4, 0.5) is 17.2 Å². The molecule has 2 aromatic carbocycles. The Kier molecular flexibility index (Phi) is 5.74. The maximum absolute atomic E-state index is 12.5. The normalized spacial score (nSPS) is 10.3. The minimum atomic E-state index is -0.307. The van der Waals surface area contributed by atoms with Crippen molar-refractivity contribution in [3.05, 3.63) is 65.4 Å². The number of benzene rings is 2. The molecule has 0 bridgehead atoms. The van der Waals surface area contributed by atoms with E-state index in [2.05, 4.69) is 20.8 Å². The third-order valence-electron chi connectivity index (χ3n) is 4.29. The van der Waals surface area contributed by atoms with Gasteiger partial charge in [0.05, 0.1) is 19.9 Å². The van der Waals surface area contributed by atoms with E-state index in [0.717, 1.165) is 16.8 Å². The zero-order valence-electron chi connectivity index (χ0n) is 16.2. The van der Waals surface area contributed by atoms with Crippen molar-refractivity contribution in [2.75, 3.05) is 24.9 Å². The Morgan fingerprint density at radius 1 is 0.929 bits per heavy atom. The molecule has 0 saturated carbocycles. The highest BCUT2D eigenvalue weighted by molar-refractivity contribution is 6.03. The molecule has 0 saturated heterocycles. The van der Waals surface area contributed by atoms with Gasteiger partial charge in [-0.2, -0.15) is 0 Å². The highest BCUT2D eigenvalue weighted by atomic mass is 16.5. The number of para-hydroxylation sites is 1. The number of carbonyl (C=O) groups excluding carboxylic acids is 1. The van der Waals surface area contributed by atoms with Gasteiger partial charge in [0.25, 0.3) is 5.91 Å². The lowest BCUT2D eigenvalue weighted by atomic mass is 10.1. The fourth-order valence-electron chi connectivity index (χ4n) is 2.75. The van der Waals surface area contributed by atoms with Crippen molar-refractivity contribution >= 4 is 23.1 Å². The Balaban J connectivity index is 1.74. The van der Waals surface area contributed by atoms with Crippen LogP contribution in [0, 0.1) is 13.8 Å². The zero-order valence-corrected chi connectivity index (χ0v) is 16.2. The largest absolute Gasteiger partial charge is 0.497 e. The number of nitrogens with zero attached hydrogens (tertiary/aromatic N) is 2. The number of aryl methyl sites for hydroxylation is 2. The molecule has 7 heteroatoms. The van der Waals surface area contributed by atoms with Crippen LogP contribution >= 0.6 is 0 Å². The van der Waals surface area contributed by atoms with Gasteiger partial charge in [-0.05, 0) is 49.2 Å². The summed E-state index contributed by atoms with van der Waals surface area (Å²) in [5, 5.41) is 14.1. The van der Waals surface area contributed by atoms with Crippen molar-refractivity contribution in [3.63, 3.8) is 0 Å². The SMILES string of the molecule is COc1ccc(Nc2ccc(C(=O)Nc3c(C)cccc3C)nn2)c(OC)c1. The summed E-state index contributed by atoms with van der Waals surface area (Å²) in [7, 11) is 3.17. The van der Waals surface area contributed by atoms with Crippen molar-refractivity contribution in [3.8, 4) is 11.5 Å². The summed E-state index contributed by atoms with van der Waals surface area (Å²) >= 11 is 0. The molecule has 0 aliphatic heterocycles. The monoisotopic (exact) mass is 378 g/mol. The van der Waals surface area contributed by atoms with Crippen molar-refractivity contribution in [2.24, 2.45) is 0 Å². The standard InChI is InChI=1S/C21H22N4O3/c1-13-6-5-7-14(2)20(13)23-21(26)17-10-11-19(25-24-17)22-16-9-8-15(27-3)12-18(16)28-4/h5-12H,1-4H3,(H,22,25)(H,23,26). The van der Waals surface area contributed by atoms with Crippen molar-refractivity contribution in [1.29, 1.82) is 0 Å². The highest BCUT2D eigenvalue weighted by Gasteiger charge is 2.12. The second kappa shape index (κ2) is 8.39. The van der Waals surface area contributed by atoms with E-state index in [9.17, 15) is 4.79 Å². The van der Waals surface area contributed by atoms with Crippen LogP contribution in [0.15, 0.2) is 48.5 Å². The lowest BCUT2D eigenvalue weighted by molar-refractivity contribution is 0.102. The van der Waals surface area contributed by atoms with Gasteiger partial charge >= 0.3 is 0 Å². The summed E-state index contributed by atoms with van der Waals surface area (Å²) in [5.74, 6) is 1.48. The smallest absolute Gasteiger partial charge is 0.276 e. The number of rotatable bonds is 6. The molecule has 0 atom stereocenters. The van der Waals surface area contributed by atoms with Crippen LogP contribution in [0.25, 0.3) is 0 Å². The molecule has 1 amide bonds. The zero-order chi connectivity index (χ0) is 20.1. The number of anilines is 3. The second-order valence-corrected chi connectivity index (χ2v) is 6.22. The van der Waals surface area contributed by atoms with Gasteiger partial charge < -0.3 is 20.1 Å². The predicted molar refractivity (Wildman–Crippen MR) is 109 cm³/mol. The summed E-state index contributed by atoms with van der Waals surface area (Å²) in [6.07, 6.45) is 0. The lowest BCUT2D eigenvalue weighted by Crippen LogP contribution is -2.16. The molecule has 0 fully saturated rings. The molecule has 0 aliphatic rings. The first-order valence-corrected chi connectivity index (χ1v) is 8.72. The summed E-state index contributed by atoms with van der Waals surface area (Å²) in [4.78, 5) is 12.5. The topological polar surface area (TPSA) is 85.4 Å². The van der Waals surface area contributed by atoms with Crippen LogP contribution in [0.5, 0.6) is 11.5 Å². The first-order valence-electron chi connectivity index (χ1n) is 8.72. The molecule has 144 valence electrons. The van der Waals surface area contributed by atoms with Gasteiger partial charge in [-0.1, -0.05) is 18.2 Å². The Morgan fingerprint density at radius 2 is 1.68 bits per heavy atom. The Bertz CT molecular complexity index is 967. The van der Waals surface area contributed by atoms with Gasteiger partial charge in [-0.25, -0.2) is 0 Å². The van der Waals surface area contributed by atoms with Crippen LogP contribution in [0.1, 0.15) is 21.6 Å². The number of ether oxygens (including phenoxy) is 2. The molecule has 7 nitrogen and oxygen atoms in total. The summed E-state index contributed by atoms with van der Waals surface area (Å²) in [6.45, 7) is 3.90. The Hall–Kier alpha value is -3.61. The summed E-state index contributed by atoms with van der Waals surface area (Å²) < 4.78 is 10.5. The van der Waals surface area contributed by atoms with Gasteiger partial charge in [0.1, 0.15) is 11.5 Å². The molecule has 3 aromatic rings. The lowest BCUT2D eigenvalue weighted by Gasteiger charge is -2.12. The first-order chi connectivity index (χ1) is 13.5. The Morgan fingerprint density at radius 3 is 2.29 bits per heavy atom. The van der Waals surface area contributed by atoms with Crippen LogP contribution in [0.3, 0.4) is 0 Å². The van der Waals surface area contributed by atoms with E-state index in [4.69, 9.17) is 9.47 Å². The average molecular weight is 378 g/mol. The average Bonchev–Trinajstić information content (AvgIpc) is 2.71. The Labute approximate surface area is 163 Å². The number of aromatic nitrogens is 2. The van der Waals surface area contributed by atoms with Crippen molar-refractivity contribution in [1.82, 2.24) is 10.2 Å². The van der Waals surface area contributed by atoms with Crippen molar-refractivity contribution in [2.45, 2.75) is 13.8 Å². The van der Waals surface area contributed by atoms with Crippen LogP contribution < -0.4 is 20.1 Å². The second-order valence-electron chi connectivity index (χ2n) is 6.22. The van der Waals surface area contributed by atoms with E-state index in [0.29, 0.717) is 23.0 Å². The minimum Gasteiger partial charge on any atom is -0.497 e. The molecule has 2 N–H and O–H groups in total. The van der Waals surface area contributed by atoms with Gasteiger partial charge in [0, 0.05) is 11.8 Å². The fourth-order valence-corrected chi connectivity index (χ4v) is 2.75. The van der Waals surface area contributed by atoms with Crippen LogP contribution in [0.2, 0.25) is 0 Å². The van der Waals surface area contributed by atoms with Crippen LogP contribution in [-0.4, -0.2) is 30.3 Å². The van der Waals surface area contributed by atoms with E-state index in [1.54, 1.807) is 32.4 Å². The minimum absolute atomic E-state index is 0.231. The molecule has 28 heavy (non-hydrogen) atoms. The molecular weight excluding hydrogens is 356 g/mol. The van der Waals surface area contributed by atoms with E-state index < -0.39 is 0 Å². The molecule has 0 spiro atoms. The number of carbonyl (C=O) groups is 1. The van der Waals surface area contributed by atoms with Gasteiger partial charge in [-0.3, -0.25) is 4.79 Å². The van der Waals surface area contributed by atoms with Gasteiger partial charge in [0.2, 0.25) is 0 Å².